The van der Waals surface area contributed by atoms with Crippen LogP contribution in [0.5, 0.6) is 5.75 Å². The monoisotopic (exact) mass is 322 g/mol. The Balaban J connectivity index is 0.00000176. The molecule has 1 aromatic heterocycles. The van der Waals surface area contributed by atoms with Crippen LogP contribution in [-0.4, -0.2) is 11.7 Å². The van der Waals surface area contributed by atoms with Crippen LogP contribution in [0.4, 0.5) is 5.69 Å². The number of pyridine rings is 1. The van der Waals surface area contributed by atoms with Gasteiger partial charge >= 0.3 is 0 Å². The molecule has 0 amide bonds. The number of nitrogens with zero attached hydrogens (tertiary/aromatic N) is 2. The van der Waals surface area contributed by atoms with Gasteiger partial charge in [-0.15, -0.1) is 0 Å². The van der Waals surface area contributed by atoms with Gasteiger partial charge in [0.05, 0.1) is 17.1 Å². The Labute approximate surface area is 133 Å². The third-order valence-corrected chi connectivity index (χ3v) is 3.39. The first-order valence-corrected chi connectivity index (χ1v) is 6.60. The van der Waals surface area contributed by atoms with Crippen LogP contribution in [0, 0.1) is 17.0 Å². The highest BCUT2D eigenvalue weighted by Crippen LogP contribution is 2.32. The predicted octanol–water partition coefficient (Wildman–Crippen LogP) is -0.890. The summed E-state index contributed by atoms with van der Waals surface area (Å²) in [6.07, 6.45) is 3.89. The number of hydrogen-bond acceptors (Lipinski definition) is 4. The Bertz CT molecular complexity index is 689. The fourth-order valence-corrected chi connectivity index (χ4v) is 2.34. The van der Waals surface area contributed by atoms with Crippen LogP contribution in [0.2, 0.25) is 0 Å². The van der Waals surface area contributed by atoms with Gasteiger partial charge in [0, 0.05) is 29.8 Å². The summed E-state index contributed by atoms with van der Waals surface area (Å²) in [7, 11) is 0. The lowest BCUT2D eigenvalue weighted by Crippen LogP contribution is -3.00. The van der Waals surface area contributed by atoms with Gasteiger partial charge in [0.25, 0.3) is 5.69 Å². The molecule has 0 N–H and O–H groups in total. The van der Waals surface area contributed by atoms with Crippen molar-refractivity contribution in [3.63, 3.8) is 0 Å². The van der Waals surface area contributed by atoms with Crippen LogP contribution in [0.3, 0.4) is 0 Å². The molecular formula is C15H15ClN2O4. The quantitative estimate of drug-likeness (QED) is 0.418. The van der Waals surface area contributed by atoms with Crippen molar-refractivity contribution in [2.24, 2.45) is 0 Å². The van der Waals surface area contributed by atoms with Crippen molar-refractivity contribution < 1.29 is 31.4 Å². The molecule has 1 aliphatic rings. The number of aromatic nitrogens is 1. The first kappa shape index (κ1) is 16.2. The lowest BCUT2D eigenvalue weighted by molar-refractivity contribution is -0.688. The lowest BCUT2D eigenvalue weighted by Gasteiger charge is -2.19. The van der Waals surface area contributed by atoms with Gasteiger partial charge in [-0.25, -0.2) is 4.57 Å². The minimum atomic E-state index is -0.391. The molecule has 2 heterocycles. The van der Waals surface area contributed by atoms with Crippen LogP contribution >= 0.6 is 0 Å². The molecule has 0 fully saturated rings. The molecule has 0 bridgehead atoms. The molecule has 1 aromatic carbocycles. The molecule has 0 spiro atoms. The zero-order chi connectivity index (χ0) is 14.8. The van der Waals surface area contributed by atoms with Gasteiger partial charge in [-0.2, -0.15) is 0 Å². The maximum atomic E-state index is 11.1. The highest BCUT2D eigenvalue weighted by atomic mass is 35.5. The average Bonchev–Trinajstić information content (AvgIpc) is 2.49. The zero-order valence-corrected chi connectivity index (χ0v) is 12.7. The number of nitro groups is 1. The Morgan fingerprint density at radius 2 is 2.05 bits per heavy atom. The molecule has 0 unspecified atom stereocenters. The molecule has 0 saturated heterocycles. The standard InChI is InChI=1S/C15H15N2O4.ClH/c1-11-2-4-16(5-3-11)8-12-6-14(17(18)19)7-13-9-20-10-21-15(12)13;/h2-7H,8-10H2,1H3;1H/q+1;/p-1. The number of hydrogen-bond donors (Lipinski definition) is 0. The second kappa shape index (κ2) is 6.72. The topological polar surface area (TPSA) is 65.5 Å². The molecule has 6 nitrogen and oxygen atoms in total. The Kier molecular flexibility index (Phi) is 4.95. The molecule has 1 aliphatic heterocycles. The third kappa shape index (κ3) is 3.35. The van der Waals surface area contributed by atoms with Crippen molar-refractivity contribution in [1.82, 2.24) is 0 Å². The summed E-state index contributed by atoms with van der Waals surface area (Å²) < 4.78 is 12.7. The summed E-state index contributed by atoms with van der Waals surface area (Å²) >= 11 is 0. The molecule has 116 valence electrons. The van der Waals surface area contributed by atoms with Gasteiger partial charge in [0.1, 0.15) is 5.75 Å². The van der Waals surface area contributed by atoms with Crippen molar-refractivity contribution in [2.75, 3.05) is 6.79 Å². The van der Waals surface area contributed by atoms with Gasteiger partial charge in [-0.05, 0) is 12.5 Å². The number of non-ortho nitro benzene ring substituents is 1. The van der Waals surface area contributed by atoms with E-state index >= 15 is 0 Å². The summed E-state index contributed by atoms with van der Waals surface area (Å²) in [5, 5.41) is 11.1. The molecule has 2 aromatic rings. The smallest absolute Gasteiger partial charge is 0.270 e. The molecular weight excluding hydrogens is 308 g/mol. The number of nitro benzene ring substituents is 1. The fraction of sp³-hybridized carbons (Fsp3) is 0.267. The van der Waals surface area contributed by atoms with E-state index < -0.39 is 4.92 Å². The van der Waals surface area contributed by atoms with Crippen molar-refractivity contribution in [1.29, 1.82) is 0 Å². The molecule has 3 rings (SSSR count). The maximum absolute atomic E-state index is 11.1. The van der Waals surface area contributed by atoms with E-state index in [0.29, 0.717) is 18.9 Å². The number of fused-ring (bicyclic) bond motifs is 1. The van der Waals surface area contributed by atoms with Crippen LogP contribution in [0.15, 0.2) is 36.7 Å². The number of halogens is 1. The maximum Gasteiger partial charge on any atom is 0.270 e. The summed E-state index contributed by atoms with van der Waals surface area (Å²) in [6, 6.07) is 7.07. The summed E-state index contributed by atoms with van der Waals surface area (Å²) in [4.78, 5) is 10.7. The minimum Gasteiger partial charge on any atom is -1.00 e. The second-order valence-corrected chi connectivity index (χ2v) is 5.01. The largest absolute Gasteiger partial charge is 1.00 e. The number of rotatable bonds is 3. The Morgan fingerprint density at radius 1 is 1.32 bits per heavy atom. The average molecular weight is 323 g/mol. The Morgan fingerprint density at radius 3 is 2.73 bits per heavy atom. The van der Waals surface area contributed by atoms with E-state index in [1.165, 1.54) is 6.07 Å². The van der Waals surface area contributed by atoms with E-state index in [9.17, 15) is 10.1 Å². The predicted molar refractivity (Wildman–Crippen MR) is 73.9 cm³/mol. The normalized spacial score (nSPS) is 12.8. The van der Waals surface area contributed by atoms with E-state index in [-0.39, 0.29) is 24.9 Å². The van der Waals surface area contributed by atoms with Crippen molar-refractivity contribution in [3.05, 3.63) is 63.5 Å². The van der Waals surface area contributed by atoms with E-state index in [2.05, 4.69) is 0 Å². The van der Waals surface area contributed by atoms with Crippen molar-refractivity contribution in [3.8, 4) is 5.75 Å². The van der Waals surface area contributed by atoms with Crippen molar-refractivity contribution >= 4 is 5.69 Å². The van der Waals surface area contributed by atoms with Gasteiger partial charge in [-0.3, -0.25) is 10.1 Å². The van der Waals surface area contributed by atoms with Gasteiger partial charge in [0.2, 0.25) is 0 Å². The first-order valence-electron chi connectivity index (χ1n) is 6.60. The van der Waals surface area contributed by atoms with Crippen molar-refractivity contribution in [2.45, 2.75) is 20.1 Å². The molecule has 0 radical (unpaired) electrons. The van der Waals surface area contributed by atoms with Crippen LogP contribution < -0.4 is 21.7 Å². The summed E-state index contributed by atoms with van der Waals surface area (Å²) in [6.45, 7) is 3.04. The summed E-state index contributed by atoms with van der Waals surface area (Å²) in [5.74, 6) is 0.694. The van der Waals surface area contributed by atoms with Crippen LogP contribution in [0.1, 0.15) is 16.7 Å². The molecule has 7 heteroatoms. The van der Waals surface area contributed by atoms with E-state index in [0.717, 1.165) is 16.7 Å². The van der Waals surface area contributed by atoms with Gasteiger partial charge in [0.15, 0.2) is 25.7 Å². The molecule has 0 atom stereocenters. The van der Waals surface area contributed by atoms with E-state index in [1.807, 2.05) is 36.0 Å². The van der Waals surface area contributed by atoms with Gasteiger partial charge in [-0.1, -0.05) is 0 Å². The Hall–Kier alpha value is -2.18. The van der Waals surface area contributed by atoms with Crippen LogP contribution in [0.25, 0.3) is 0 Å². The molecule has 0 aliphatic carbocycles. The fourth-order valence-electron chi connectivity index (χ4n) is 2.34. The van der Waals surface area contributed by atoms with E-state index in [1.54, 1.807) is 6.07 Å². The van der Waals surface area contributed by atoms with Crippen LogP contribution in [-0.2, 0) is 17.9 Å². The molecule has 22 heavy (non-hydrogen) atoms. The molecule has 0 saturated carbocycles. The second-order valence-electron chi connectivity index (χ2n) is 5.01. The SMILES string of the molecule is Cc1cc[n+](Cc2cc([N+](=O)[O-])cc3c2OCOC3)cc1.[Cl-]. The highest BCUT2D eigenvalue weighted by Gasteiger charge is 2.22. The highest BCUT2D eigenvalue weighted by molar-refractivity contribution is 5.50. The number of benzene rings is 1. The van der Waals surface area contributed by atoms with E-state index in [4.69, 9.17) is 9.47 Å². The summed E-state index contributed by atoms with van der Waals surface area (Å²) in [5.41, 5.74) is 2.73. The zero-order valence-electron chi connectivity index (χ0n) is 12.0. The third-order valence-electron chi connectivity index (χ3n) is 3.39. The van der Waals surface area contributed by atoms with Gasteiger partial charge < -0.3 is 21.9 Å². The lowest BCUT2D eigenvalue weighted by atomic mass is 10.1. The number of aryl methyl sites for hydroxylation is 1. The minimum absolute atomic E-state index is 0. The first-order chi connectivity index (χ1) is 10.1. The number of ether oxygens (including phenoxy) is 2.